The van der Waals surface area contributed by atoms with Crippen molar-refractivity contribution < 1.29 is 8.42 Å². The molecule has 92 valence electrons. The Morgan fingerprint density at radius 2 is 1.94 bits per heavy atom. The van der Waals surface area contributed by atoms with E-state index in [2.05, 4.69) is 11.9 Å². The summed E-state index contributed by atoms with van der Waals surface area (Å²) in [6.07, 6.45) is 4.33. The smallest absolute Gasteiger partial charge is 0.180 e. The van der Waals surface area contributed by atoms with Gasteiger partial charge in [-0.05, 0) is 12.5 Å². The van der Waals surface area contributed by atoms with Crippen molar-refractivity contribution in [2.24, 2.45) is 0 Å². The SMILES string of the molecule is CCCCCS(=O)(=O)c1c[nH]c2ccccc12. The molecule has 0 saturated carbocycles. The fraction of sp³-hybridized carbons (Fsp3) is 0.385. The highest BCUT2D eigenvalue weighted by Crippen LogP contribution is 2.23. The fourth-order valence-corrected chi connectivity index (χ4v) is 3.51. The number of H-pyrrole nitrogens is 1. The van der Waals surface area contributed by atoms with Gasteiger partial charge in [0.05, 0.1) is 10.6 Å². The highest BCUT2D eigenvalue weighted by atomic mass is 32.2. The minimum atomic E-state index is -3.15. The predicted octanol–water partition coefficient (Wildman–Crippen LogP) is 3.13. The van der Waals surface area contributed by atoms with Crippen LogP contribution in [0, 0.1) is 0 Å². The molecule has 0 spiro atoms. The average molecular weight is 251 g/mol. The van der Waals surface area contributed by atoms with Gasteiger partial charge in [-0.3, -0.25) is 0 Å². The van der Waals surface area contributed by atoms with Crippen molar-refractivity contribution in [1.29, 1.82) is 0 Å². The second-order valence-electron chi connectivity index (χ2n) is 4.22. The lowest BCUT2D eigenvalue weighted by molar-refractivity contribution is 0.592. The summed E-state index contributed by atoms with van der Waals surface area (Å²) in [5.74, 6) is 0.239. The average Bonchev–Trinajstić information content (AvgIpc) is 2.73. The summed E-state index contributed by atoms with van der Waals surface area (Å²) in [7, 11) is -3.15. The molecule has 0 aliphatic heterocycles. The van der Waals surface area contributed by atoms with Gasteiger partial charge in [0.25, 0.3) is 0 Å². The predicted molar refractivity (Wildman–Crippen MR) is 69.9 cm³/mol. The van der Waals surface area contributed by atoms with Crippen molar-refractivity contribution in [3.8, 4) is 0 Å². The van der Waals surface area contributed by atoms with Crippen LogP contribution in [0.4, 0.5) is 0 Å². The summed E-state index contributed by atoms with van der Waals surface area (Å²) in [6, 6.07) is 7.49. The lowest BCUT2D eigenvalue weighted by Gasteiger charge is -2.02. The summed E-state index contributed by atoms with van der Waals surface area (Å²) in [5, 5.41) is 0.795. The minimum absolute atomic E-state index is 0.239. The van der Waals surface area contributed by atoms with E-state index in [1.807, 2.05) is 24.3 Å². The van der Waals surface area contributed by atoms with Crippen LogP contribution < -0.4 is 0 Å². The standard InChI is InChI=1S/C13H17NO2S/c1-2-3-6-9-17(15,16)13-10-14-12-8-5-4-7-11(12)13/h4-5,7-8,10,14H,2-3,6,9H2,1H3. The molecule has 0 atom stereocenters. The van der Waals surface area contributed by atoms with Crippen LogP contribution in [0.25, 0.3) is 10.9 Å². The van der Waals surface area contributed by atoms with E-state index in [1.165, 1.54) is 0 Å². The van der Waals surface area contributed by atoms with Gasteiger partial charge in [-0.2, -0.15) is 0 Å². The number of fused-ring (bicyclic) bond motifs is 1. The largest absolute Gasteiger partial charge is 0.360 e. The van der Waals surface area contributed by atoms with Gasteiger partial charge in [-0.1, -0.05) is 38.0 Å². The highest BCUT2D eigenvalue weighted by molar-refractivity contribution is 7.91. The first-order valence-electron chi connectivity index (χ1n) is 5.94. The third-order valence-electron chi connectivity index (χ3n) is 2.90. The first-order valence-corrected chi connectivity index (χ1v) is 7.59. The maximum absolute atomic E-state index is 12.2. The van der Waals surface area contributed by atoms with Gasteiger partial charge in [0.2, 0.25) is 0 Å². The summed E-state index contributed by atoms with van der Waals surface area (Å²) in [4.78, 5) is 3.44. The molecular weight excluding hydrogens is 234 g/mol. The molecule has 1 aromatic heterocycles. The molecule has 1 N–H and O–H groups in total. The summed E-state index contributed by atoms with van der Waals surface area (Å²) < 4.78 is 24.3. The lowest BCUT2D eigenvalue weighted by Crippen LogP contribution is -2.06. The van der Waals surface area contributed by atoms with Gasteiger partial charge in [0.1, 0.15) is 0 Å². The number of hydrogen-bond donors (Lipinski definition) is 1. The Bertz CT molecular complexity index is 599. The zero-order valence-corrected chi connectivity index (χ0v) is 10.8. The molecule has 0 aliphatic carbocycles. The Balaban J connectivity index is 2.33. The second kappa shape index (κ2) is 4.92. The molecule has 1 aromatic carbocycles. The molecule has 1 heterocycles. The van der Waals surface area contributed by atoms with Crippen molar-refractivity contribution in [2.45, 2.75) is 31.1 Å². The Morgan fingerprint density at radius 1 is 1.18 bits per heavy atom. The molecular formula is C13H17NO2S. The van der Waals surface area contributed by atoms with E-state index in [0.717, 1.165) is 30.2 Å². The van der Waals surface area contributed by atoms with Crippen LogP contribution in [0.2, 0.25) is 0 Å². The van der Waals surface area contributed by atoms with Crippen LogP contribution in [-0.4, -0.2) is 19.2 Å². The molecule has 0 unspecified atom stereocenters. The Kier molecular flexibility index (Phi) is 3.52. The van der Waals surface area contributed by atoms with E-state index in [0.29, 0.717) is 4.90 Å². The Hall–Kier alpha value is -1.29. The van der Waals surface area contributed by atoms with Crippen LogP contribution in [0.15, 0.2) is 35.4 Å². The molecule has 4 heteroatoms. The number of benzene rings is 1. The van der Waals surface area contributed by atoms with Gasteiger partial charge < -0.3 is 4.98 Å². The van der Waals surface area contributed by atoms with E-state index in [1.54, 1.807) is 6.20 Å². The molecule has 0 bridgehead atoms. The maximum Gasteiger partial charge on any atom is 0.180 e. The van der Waals surface area contributed by atoms with Gasteiger partial charge in [0, 0.05) is 17.1 Å². The second-order valence-corrected chi connectivity index (χ2v) is 6.30. The van der Waals surface area contributed by atoms with E-state index in [9.17, 15) is 8.42 Å². The van der Waals surface area contributed by atoms with Crippen LogP contribution in [-0.2, 0) is 9.84 Å². The third-order valence-corrected chi connectivity index (χ3v) is 4.74. The van der Waals surface area contributed by atoms with E-state index in [4.69, 9.17) is 0 Å². The lowest BCUT2D eigenvalue weighted by atomic mass is 10.2. The van der Waals surface area contributed by atoms with Gasteiger partial charge in [-0.25, -0.2) is 8.42 Å². The van der Waals surface area contributed by atoms with Crippen molar-refractivity contribution in [2.75, 3.05) is 5.75 Å². The first-order chi connectivity index (χ1) is 8.15. The molecule has 0 fully saturated rings. The summed E-state index contributed by atoms with van der Waals surface area (Å²) >= 11 is 0. The van der Waals surface area contributed by atoms with Crippen molar-refractivity contribution in [3.05, 3.63) is 30.5 Å². The maximum atomic E-state index is 12.2. The number of unbranched alkanes of at least 4 members (excludes halogenated alkanes) is 2. The number of nitrogens with one attached hydrogen (secondary N) is 1. The van der Waals surface area contributed by atoms with E-state index in [-0.39, 0.29) is 5.75 Å². The fourth-order valence-electron chi connectivity index (χ4n) is 1.95. The zero-order valence-electron chi connectivity index (χ0n) is 9.94. The van der Waals surface area contributed by atoms with Crippen LogP contribution >= 0.6 is 0 Å². The molecule has 2 rings (SSSR count). The van der Waals surface area contributed by atoms with Crippen molar-refractivity contribution in [3.63, 3.8) is 0 Å². The number of hydrogen-bond acceptors (Lipinski definition) is 2. The minimum Gasteiger partial charge on any atom is -0.360 e. The first kappa shape index (κ1) is 12.2. The number of sulfone groups is 1. The van der Waals surface area contributed by atoms with Crippen LogP contribution in [0.1, 0.15) is 26.2 Å². The van der Waals surface area contributed by atoms with Gasteiger partial charge >= 0.3 is 0 Å². The van der Waals surface area contributed by atoms with Crippen molar-refractivity contribution in [1.82, 2.24) is 4.98 Å². The zero-order chi connectivity index (χ0) is 12.3. The third kappa shape index (κ3) is 2.52. The number of aromatic nitrogens is 1. The van der Waals surface area contributed by atoms with Gasteiger partial charge in [0.15, 0.2) is 9.84 Å². The molecule has 0 aliphatic rings. The summed E-state index contributed by atoms with van der Waals surface area (Å²) in [6.45, 7) is 2.07. The Labute approximate surface area is 102 Å². The monoisotopic (exact) mass is 251 g/mol. The summed E-state index contributed by atoms with van der Waals surface area (Å²) in [5.41, 5.74) is 0.876. The number of rotatable bonds is 5. The normalized spacial score (nSPS) is 12.1. The van der Waals surface area contributed by atoms with Crippen molar-refractivity contribution >= 4 is 20.7 Å². The molecule has 2 aromatic rings. The molecule has 17 heavy (non-hydrogen) atoms. The van der Waals surface area contributed by atoms with E-state index >= 15 is 0 Å². The molecule has 3 nitrogen and oxygen atoms in total. The number of aromatic amines is 1. The van der Waals surface area contributed by atoms with Gasteiger partial charge in [-0.15, -0.1) is 0 Å². The van der Waals surface area contributed by atoms with Crippen LogP contribution in [0.5, 0.6) is 0 Å². The van der Waals surface area contributed by atoms with E-state index < -0.39 is 9.84 Å². The molecule has 0 radical (unpaired) electrons. The number of para-hydroxylation sites is 1. The quantitative estimate of drug-likeness (QED) is 0.830. The van der Waals surface area contributed by atoms with Crippen LogP contribution in [0.3, 0.4) is 0 Å². The highest BCUT2D eigenvalue weighted by Gasteiger charge is 2.18. The molecule has 0 amide bonds. The Morgan fingerprint density at radius 3 is 2.71 bits per heavy atom. The topological polar surface area (TPSA) is 49.9 Å². The molecule has 0 saturated heterocycles.